The number of hydrogen-bond acceptors (Lipinski definition) is 3. The van der Waals surface area contributed by atoms with E-state index in [1.165, 1.54) is 4.90 Å². The van der Waals surface area contributed by atoms with Crippen molar-refractivity contribution in [3.8, 4) is 0 Å². The molecule has 0 atom stereocenters. The molecule has 4 heteroatoms. The second kappa shape index (κ2) is 4.09. The van der Waals surface area contributed by atoms with E-state index in [9.17, 15) is 14.7 Å². The first-order valence-corrected chi connectivity index (χ1v) is 4.96. The molecule has 14 heavy (non-hydrogen) atoms. The second-order valence-corrected chi connectivity index (χ2v) is 4.36. The van der Waals surface area contributed by atoms with Gasteiger partial charge >= 0.3 is 0 Å². The summed E-state index contributed by atoms with van der Waals surface area (Å²) in [5, 5.41) is 9.47. The fourth-order valence-electron chi connectivity index (χ4n) is 1.43. The predicted octanol–water partition coefficient (Wildman–Crippen LogP) is 0.687. The van der Waals surface area contributed by atoms with Gasteiger partial charge in [-0.25, -0.2) is 0 Å². The molecule has 1 rings (SSSR count). The Labute approximate surface area is 83.9 Å². The summed E-state index contributed by atoms with van der Waals surface area (Å²) in [6.07, 6.45) is 2.01. The van der Waals surface area contributed by atoms with Gasteiger partial charge in [-0.05, 0) is 26.7 Å². The van der Waals surface area contributed by atoms with Crippen LogP contribution in [0, 0.1) is 0 Å². The molecule has 1 N–H and O–H groups in total. The molecule has 1 aliphatic rings. The highest BCUT2D eigenvalue weighted by atomic mass is 16.3. The summed E-state index contributed by atoms with van der Waals surface area (Å²) >= 11 is 0. The first-order chi connectivity index (χ1) is 6.40. The number of likely N-dealkylation sites (tertiary alicyclic amines) is 1. The predicted molar refractivity (Wildman–Crippen MR) is 51.5 cm³/mol. The van der Waals surface area contributed by atoms with Crippen LogP contribution in [-0.4, -0.2) is 34.0 Å². The van der Waals surface area contributed by atoms with E-state index in [-0.39, 0.29) is 11.8 Å². The third kappa shape index (κ3) is 3.10. The maximum atomic E-state index is 11.3. The van der Waals surface area contributed by atoms with Gasteiger partial charge in [0.2, 0.25) is 11.8 Å². The molecule has 0 aliphatic carbocycles. The Bertz CT molecular complexity index is 226. The number of carbonyl (C=O) groups is 2. The maximum absolute atomic E-state index is 11.3. The van der Waals surface area contributed by atoms with Gasteiger partial charge in [0.05, 0.1) is 5.60 Å². The summed E-state index contributed by atoms with van der Waals surface area (Å²) in [5.74, 6) is -0.212. The van der Waals surface area contributed by atoms with E-state index in [0.29, 0.717) is 32.2 Å². The molecule has 1 heterocycles. The molecular weight excluding hydrogens is 182 g/mol. The minimum Gasteiger partial charge on any atom is -0.390 e. The first kappa shape index (κ1) is 11.2. The van der Waals surface area contributed by atoms with Crippen molar-refractivity contribution in [3.05, 3.63) is 0 Å². The van der Waals surface area contributed by atoms with Crippen LogP contribution in [0.15, 0.2) is 0 Å². The molecule has 4 nitrogen and oxygen atoms in total. The number of nitrogens with zero attached hydrogens (tertiary/aromatic N) is 1. The fraction of sp³-hybridized carbons (Fsp3) is 0.800. The Morgan fingerprint density at radius 2 is 1.79 bits per heavy atom. The van der Waals surface area contributed by atoms with Crippen LogP contribution in [0.1, 0.15) is 39.5 Å². The molecule has 80 valence electrons. The van der Waals surface area contributed by atoms with Crippen molar-refractivity contribution in [2.75, 3.05) is 6.54 Å². The SMILES string of the molecule is CC(C)(O)CCN1C(=O)CCCC1=O. The van der Waals surface area contributed by atoms with E-state index in [2.05, 4.69) is 0 Å². The van der Waals surface area contributed by atoms with Crippen molar-refractivity contribution in [2.24, 2.45) is 0 Å². The third-order valence-corrected chi connectivity index (χ3v) is 2.33. The van der Waals surface area contributed by atoms with E-state index >= 15 is 0 Å². The molecule has 0 unspecified atom stereocenters. The lowest BCUT2D eigenvalue weighted by Crippen LogP contribution is -2.42. The molecule has 1 fully saturated rings. The van der Waals surface area contributed by atoms with Gasteiger partial charge in [0, 0.05) is 19.4 Å². The van der Waals surface area contributed by atoms with Gasteiger partial charge in [0.15, 0.2) is 0 Å². The van der Waals surface area contributed by atoms with Gasteiger partial charge in [-0.1, -0.05) is 0 Å². The molecular formula is C10H17NO3. The summed E-state index contributed by atoms with van der Waals surface area (Å²) in [6, 6.07) is 0. The van der Waals surface area contributed by atoms with E-state index in [1.54, 1.807) is 13.8 Å². The molecule has 0 spiro atoms. The lowest BCUT2D eigenvalue weighted by molar-refractivity contribution is -0.148. The smallest absolute Gasteiger partial charge is 0.229 e. The van der Waals surface area contributed by atoms with Gasteiger partial charge < -0.3 is 5.11 Å². The fourth-order valence-corrected chi connectivity index (χ4v) is 1.43. The average molecular weight is 199 g/mol. The standard InChI is InChI=1S/C10H17NO3/c1-10(2,14)6-7-11-8(12)4-3-5-9(11)13/h14H,3-7H2,1-2H3. The number of rotatable bonds is 3. The number of imide groups is 1. The van der Waals surface area contributed by atoms with Gasteiger partial charge in [0.1, 0.15) is 0 Å². The van der Waals surface area contributed by atoms with E-state index in [1.807, 2.05) is 0 Å². The molecule has 0 aromatic carbocycles. The summed E-state index contributed by atoms with van der Waals surface area (Å²) < 4.78 is 0. The van der Waals surface area contributed by atoms with Gasteiger partial charge in [-0.2, -0.15) is 0 Å². The van der Waals surface area contributed by atoms with Crippen molar-refractivity contribution in [3.63, 3.8) is 0 Å². The van der Waals surface area contributed by atoms with E-state index in [4.69, 9.17) is 0 Å². The second-order valence-electron chi connectivity index (χ2n) is 4.36. The van der Waals surface area contributed by atoms with Crippen molar-refractivity contribution < 1.29 is 14.7 Å². The van der Waals surface area contributed by atoms with Gasteiger partial charge in [-0.3, -0.25) is 14.5 Å². The monoisotopic (exact) mass is 199 g/mol. The molecule has 0 radical (unpaired) electrons. The Hall–Kier alpha value is -0.900. The Morgan fingerprint density at radius 3 is 2.21 bits per heavy atom. The van der Waals surface area contributed by atoms with Crippen LogP contribution < -0.4 is 0 Å². The lowest BCUT2D eigenvalue weighted by Gasteiger charge is -2.27. The summed E-state index contributed by atoms with van der Waals surface area (Å²) in [4.78, 5) is 24.0. The molecule has 0 bridgehead atoms. The minimum atomic E-state index is -0.821. The van der Waals surface area contributed by atoms with Crippen molar-refractivity contribution >= 4 is 11.8 Å². The highest BCUT2D eigenvalue weighted by Crippen LogP contribution is 2.15. The average Bonchev–Trinajstić information content (AvgIpc) is 2.01. The Kier molecular flexibility index (Phi) is 3.26. The third-order valence-electron chi connectivity index (χ3n) is 2.33. The number of carbonyl (C=O) groups excluding carboxylic acids is 2. The molecule has 0 aromatic rings. The summed E-state index contributed by atoms with van der Waals surface area (Å²) in [5.41, 5.74) is -0.821. The van der Waals surface area contributed by atoms with Crippen LogP contribution in [0.4, 0.5) is 0 Å². The summed E-state index contributed by atoms with van der Waals surface area (Å²) in [7, 11) is 0. The van der Waals surface area contributed by atoms with Crippen LogP contribution in [0.5, 0.6) is 0 Å². The van der Waals surface area contributed by atoms with Crippen LogP contribution in [0.2, 0.25) is 0 Å². The number of piperidine rings is 1. The summed E-state index contributed by atoms with van der Waals surface area (Å²) in [6.45, 7) is 3.68. The zero-order valence-corrected chi connectivity index (χ0v) is 8.75. The number of hydrogen-bond donors (Lipinski definition) is 1. The van der Waals surface area contributed by atoms with Crippen LogP contribution in [0.3, 0.4) is 0 Å². The van der Waals surface area contributed by atoms with Crippen LogP contribution in [0.25, 0.3) is 0 Å². The first-order valence-electron chi connectivity index (χ1n) is 4.96. The van der Waals surface area contributed by atoms with E-state index in [0.717, 1.165) is 0 Å². The Balaban J connectivity index is 2.49. The lowest BCUT2D eigenvalue weighted by atomic mass is 10.0. The van der Waals surface area contributed by atoms with Crippen LogP contribution >= 0.6 is 0 Å². The zero-order valence-electron chi connectivity index (χ0n) is 8.75. The van der Waals surface area contributed by atoms with E-state index < -0.39 is 5.60 Å². The van der Waals surface area contributed by atoms with Crippen molar-refractivity contribution in [2.45, 2.75) is 45.1 Å². The normalized spacial score (nSPS) is 18.9. The quantitative estimate of drug-likeness (QED) is 0.680. The highest BCUT2D eigenvalue weighted by Gasteiger charge is 2.27. The minimum absolute atomic E-state index is 0.106. The van der Waals surface area contributed by atoms with Gasteiger partial charge in [0.25, 0.3) is 0 Å². The molecule has 2 amide bonds. The molecule has 0 saturated carbocycles. The number of amides is 2. The number of aliphatic hydroxyl groups is 1. The Morgan fingerprint density at radius 1 is 1.29 bits per heavy atom. The van der Waals surface area contributed by atoms with Crippen molar-refractivity contribution in [1.82, 2.24) is 4.90 Å². The molecule has 1 saturated heterocycles. The van der Waals surface area contributed by atoms with Crippen molar-refractivity contribution in [1.29, 1.82) is 0 Å². The zero-order chi connectivity index (χ0) is 10.8. The van der Waals surface area contributed by atoms with Crippen LogP contribution in [-0.2, 0) is 9.59 Å². The highest BCUT2D eigenvalue weighted by molar-refractivity contribution is 5.97. The molecule has 1 aliphatic heterocycles. The largest absolute Gasteiger partial charge is 0.390 e. The van der Waals surface area contributed by atoms with Gasteiger partial charge in [-0.15, -0.1) is 0 Å². The maximum Gasteiger partial charge on any atom is 0.229 e. The topological polar surface area (TPSA) is 57.6 Å². The molecule has 0 aromatic heterocycles.